The highest BCUT2D eigenvalue weighted by Gasteiger charge is 2.21. The van der Waals surface area contributed by atoms with Gasteiger partial charge in [0.25, 0.3) is 0 Å². The summed E-state index contributed by atoms with van der Waals surface area (Å²) in [6.45, 7) is 12.6. The van der Waals surface area contributed by atoms with Crippen molar-refractivity contribution >= 4 is 17.5 Å². The molecule has 0 radical (unpaired) electrons. The van der Waals surface area contributed by atoms with Crippen molar-refractivity contribution in [2.45, 2.75) is 40.2 Å². The fourth-order valence-corrected chi connectivity index (χ4v) is 3.19. The lowest BCUT2D eigenvalue weighted by molar-refractivity contribution is -0.133. The molecule has 6 heteroatoms. The second-order valence-electron chi connectivity index (χ2n) is 7.30. The molecule has 1 aromatic carbocycles. The molecule has 1 heterocycles. The Morgan fingerprint density at radius 3 is 2.42 bits per heavy atom. The van der Waals surface area contributed by atoms with Gasteiger partial charge in [-0.2, -0.15) is 0 Å². The highest BCUT2D eigenvalue weighted by molar-refractivity contribution is 5.93. The summed E-state index contributed by atoms with van der Waals surface area (Å²) in [6.07, 6.45) is 0.429. The van der Waals surface area contributed by atoms with Gasteiger partial charge >= 0.3 is 0 Å². The molecule has 26 heavy (non-hydrogen) atoms. The van der Waals surface area contributed by atoms with E-state index in [1.165, 1.54) is 5.56 Å². The number of anilines is 1. The van der Waals surface area contributed by atoms with E-state index in [9.17, 15) is 9.59 Å². The zero-order valence-corrected chi connectivity index (χ0v) is 16.5. The Kier molecular flexibility index (Phi) is 7.60. The van der Waals surface area contributed by atoms with E-state index < -0.39 is 0 Å². The number of carbonyl (C=O) groups is 2. The van der Waals surface area contributed by atoms with Crippen LogP contribution in [0.4, 0.5) is 5.69 Å². The lowest BCUT2D eigenvalue weighted by atomic mass is 10.1. The number of piperazine rings is 1. The lowest BCUT2D eigenvalue weighted by Crippen LogP contribution is -2.51. The van der Waals surface area contributed by atoms with E-state index in [0.717, 1.165) is 37.4 Å². The predicted octanol–water partition coefficient (Wildman–Crippen LogP) is 1.77. The van der Waals surface area contributed by atoms with Crippen molar-refractivity contribution in [3.8, 4) is 0 Å². The summed E-state index contributed by atoms with van der Waals surface area (Å²) in [5, 5.41) is 5.97. The summed E-state index contributed by atoms with van der Waals surface area (Å²) in [4.78, 5) is 28.6. The van der Waals surface area contributed by atoms with Crippen LogP contribution >= 0.6 is 0 Å². The SMILES string of the molecule is Cc1ccc(NC(=O)CNCCC(=O)N2CCN(C(C)C)CC2)c(C)c1. The molecule has 0 spiro atoms. The van der Waals surface area contributed by atoms with E-state index in [0.29, 0.717) is 19.0 Å². The first-order valence-corrected chi connectivity index (χ1v) is 9.46. The molecule has 2 amide bonds. The van der Waals surface area contributed by atoms with E-state index in [-0.39, 0.29) is 18.4 Å². The number of carbonyl (C=O) groups excluding carboxylic acids is 2. The Morgan fingerprint density at radius 2 is 1.81 bits per heavy atom. The van der Waals surface area contributed by atoms with Crippen molar-refractivity contribution in [3.05, 3.63) is 29.3 Å². The molecule has 0 saturated carbocycles. The van der Waals surface area contributed by atoms with Crippen LogP contribution in [-0.2, 0) is 9.59 Å². The van der Waals surface area contributed by atoms with E-state index in [2.05, 4.69) is 29.4 Å². The first-order valence-electron chi connectivity index (χ1n) is 9.46. The monoisotopic (exact) mass is 360 g/mol. The molecular formula is C20H32N4O2. The average Bonchev–Trinajstić information content (AvgIpc) is 2.61. The Morgan fingerprint density at radius 1 is 1.12 bits per heavy atom. The Labute approximate surface area is 156 Å². The number of amides is 2. The number of hydrogen-bond donors (Lipinski definition) is 2. The van der Waals surface area contributed by atoms with Crippen LogP contribution in [0.3, 0.4) is 0 Å². The maximum absolute atomic E-state index is 12.3. The minimum absolute atomic E-state index is 0.0880. The summed E-state index contributed by atoms with van der Waals surface area (Å²) >= 11 is 0. The zero-order chi connectivity index (χ0) is 19.1. The molecule has 2 rings (SSSR count). The molecule has 0 aliphatic carbocycles. The zero-order valence-electron chi connectivity index (χ0n) is 16.5. The van der Waals surface area contributed by atoms with E-state index in [4.69, 9.17) is 0 Å². The Hall–Kier alpha value is -1.92. The number of benzene rings is 1. The van der Waals surface area contributed by atoms with Gasteiger partial charge in [-0.15, -0.1) is 0 Å². The quantitative estimate of drug-likeness (QED) is 0.728. The van der Waals surface area contributed by atoms with Crippen LogP contribution in [0.15, 0.2) is 18.2 Å². The van der Waals surface area contributed by atoms with Gasteiger partial charge in [-0.1, -0.05) is 17.7 Å². The third-order valence-corrected chi connectivity index (χ3v) is 4.85. The number of rotatable bonds is 7. The molecule has 2 N–H and O–H groups in total. The third-order valence-electron chi connectivity index (χ3n) is 4.85. The minimum atomic E-state index is -0.0880. The van der Waals surface area contributed by atoms with Crippen LogP contribution in [0, 0.1) is 13.8 Å². The fourth-order valence-electron chi connectivity index (χ4n) is 3.19. The Balaban J connectivity index is 1.64. The van der Waals surface area contributed by atoms with E-state index in [1.807, 2.05) is 36.9 Å². The molecule has 144 valence electrons. The number of hydrogen-bond acceptors (Lipinski definition) is 4. The van der Waals surface area contributed by atoms with Crippen LogP contribution in [0.1, 0.15) is 31.4 Å². The first-order chi connectivity index (χ1) is 12.4. The van der Waals surface area contributed by atoms with Gasteiger partial charge in [-0.3, -0.25) is 14.5 Å². The average molecular weight is 361 g/mol. The Bertz CT molecular complexity index is 622. The summed E-state index contributed by atoms with van der Waals surface area (Å²) in [7, 11) is 0. The number of aryl methyl sites for hydroxylation is 2. The molecule has 6 nitrogen and oxygen atoms in total. The van der Waals surface area contributed by atoms with Gasteiger partial charge in [0, 0.05) is 50.9 Å². The molecule has 1 aliphatic rings. The topological polar surface area (TPSA) is 64.7 Å². The van der Waals surface area contributed by atoms with Crippen molar-refractivity contribution < 1.29 is 9.59 Å². The summed E-state index contributed by atoms with van der Waals surface area (Å²) in [5.41, 5.74) is 3.06. The van der Waals surface area contributed by atoms with E-state index >= 15 is 0 Å². The van der Waals surface area contributed by atoms with Crippen LogP contribution < -0.4 is 10.6 Å². The molecular weight excluding hydrogens is 328 g/mol. The van der Waals surface area contributed by atoms with Crippen molar-refractivity contribution in [2.24, 2.45) is 0 Å². The molecule has 1 fully saturated rings. The molecule has 0 unspecified atom stereocenters. The second-order valence-corrected chi connectivity index (χ2v) is 7.30. The van der Waals surface area contributed by atoms with E-state index in [1.54, 1.807) is 0 Å². The standard InChI is InChI=1S/C20H32N4O2/c1-15(2)23-9-11-24(12-10-23)20(26)7-8-21-14-19(25)22-18-6-5-16(3)13-17(18)4/h5-6,13,15,21H,7-12,14H2,1-4H3,(H,22,25). The first kappa shape index (κ1) is 20.4. The summed E-state index contributed by atoms with van der Waals surface area (Å²) in [5.74, 6) is 0.0747. The molecule has 0 bridgehead atoms. The molecule has 0 aromatic heterocycles. The lowest BCUT2D eigenvalue weighted by Gasteiger charge is -2.37. The minimum Gasteiger partial charge on any atom is -0.340 e. The van der Waals surface area contributed by atoms with Crippen LogP contribution in [0.5, 0.6) is 0 Å². The molecule has 1 aromatic rings. The van der Waals surface area contributed by atoms with Crippen molar-refractivity contribution in [3.63, 3.8) is 0 Å². The van der Waals surface area contributed by atoms with Gasteiger partial charge in [-0.05, 0) is 39.3 Å². The van der Waals surface area contributed by atoms with Gasteiger partial charge in [-0.25, -0.2) is 0 Å². The maximum Gasteiger partial charge on any atom is 0.238 e. The van der Waals surface area contributed by atoms with Gasteiger partial charge in [0.2, 0.25) is 11.8 Å². The maximum atomic E-state index is 12.3. The highest BCUT2D eigenvalue weighted by Crippen LogP contribution is 2.15. The van der Waals surface area contributed by atoms with Gasteiger partial charge in [0.1, 0.15) is 0 Å². The van der Waals surface area contributed by atoms with Crippen molar-refractivity contribution in [1.82, 2.24) is 15.1 Å². The number of nitrogens with one attached hydrogen (secondary N) is 2. The number of nitrogens with zero attached hydrogens (tertiary/aromatic N) is 2. The summed E-state index contributed by atoms with van der Waals surface area (Å²) < 4.78 is 0. The van der Waals surface area contributed by atoms with Gasteiger partial charge < -0.3 is 15.5 Å². The normalized spacial score (nSPS) is 15.3. The van der Waals surface area contributed by atoms with Crippen molar-refractivity contribution in [1.29, 1.82) is 0 Å². The van der Waals surface area contributed by atoms with Crippen LogP contribution in [0.25, 0.3) is 0 Å². The summed E-state index contributed by atoms with van der Waals surface area (Å²) in [6, 6.07) is 6.47. The smallest absolute Gasteiger partial charge is 0.238 e. The predicted molar refractivity (Wildman–Crippen MR) is 105 cm³/mol. The van der Waals surface area contributed by atoms with Gasteiger partial charge in [0.15, 0.2) is 0 Å². The van der Waals surface area contributed by atoms with Crippen molar-refractivity contribution in [2.75, 3.05) is 44.6 Å². The fraction of sp³-hybridized carbons (Fsp3) is 0.600. The van der Waals surface area contributed by atoms with Gasteiger partial charge in [0.05, 0.1) is 6.54 Å². The second kappa shape index (κ2) is 9.69. The third kappa shape index (κ3) is 6.11. The highest BCUT2D eigenvalue weighted by atomic mass is 16.2. The van der Waals surface area contributed by atoms with Crippen LogP contribution in [-0.4, -0.2) is 66.9 Å². The van der Waals surface area contributed by atoms with Crippen LogP contribution in [0.2, 0.25) is 0 Å². The molecule has 1 saturated heterocycles. The molecule has 1 aliphatic heterocycles. The molecule has 0 atom stereocenters. The largest absolute Gasteiger partial charge is 0.340 e.